The topological polar surface area (TPSA) is 98.1 Å². The number of aromatic nitrogens is 3. The number of H-pyrrole nitrogens is 1. The highest BCUT2D eigenvalue weighted by atomic mass is 16.5. The van der Waals surface area contributed by atoms with Gasteiger partial charge in [0.25, 0.3) is 5.71 Å². The summed E-state index contributed by atoms with van der Waals surface area (Å²) in [5.74, 6) is -0.501. The van der Waals surface area contributed by atoms with Crippen LogP contribution in [0.25, 0.3) is 22.0 Å². The number of para-hydroxylation sites is 1. The van der Waals surface area contributed by atoms with Gasteiger partial charge in [0.15, 0.2) is 6.10 Å². The van der Waals surface area contributed by atoms with Crippen molar-refractivity contribution in [3.63, 3.8) is 0 Å². The lowest BCUT2D eigenvalue weighted by Crippen LogP contribution is -2.24. The molecule has 3 heterocycles. The summed E-state index contributed by atoms with van der Waals surface area (Å²) in [4.78, 5) is 33.4. The SMILES string of the molecule is Cc1noc2nc(C3CC3)cc(C(=O)OC(C)C(=O)c3c[nH]c4ccccc34)c12. The van der Waals surface area contributed by atoms with Crippen molar-refractivity contribution in [2.45, 2.75) is 38.7 Å². The average molecular weight is 389 g/mol. The molecule has 0 saturated heterocycles. The Bertz CT molecular complexity index is 1270. The summed E-state index contributed by atoms with van der Waals surface area (Å²) in [7, 11) is 0. The summed E-state index contributed by atoms with van der Waals surface area (Å²) in [6, 6.07) is 9.26. The smallest absolute Gasteiger partial charge is 0.339 e. The number of hydrogen-bond donors (Lipinski definition) is 1. The van der Waals surface area contributed by atoms with Crippen molar-refractivity contribution in [3.05, 3.63) is 59.0 Å². The van der Waals surface area contributed by atoms with E-state index in [9.17, 15) is 9.59 Å². The van der Waals surface area contributed by atoms with Crippen LogP contribution in [0.5, 0.6) is 0 Å². The summed E-state index contributed by atoms with van der Waals surface area (Å²) in [6.45, 7) is 3.34. The van der Waals surface area contributed by atoms with Gasteiger partial charge in [-0.1, -0.05) is 23.4 Å². The van der Waals surface area contributed by atoms with E-state index in [-0.39, 0.29) is 5.78 Å². The fraction of sp³-hybridized carbons (Fsp3) is 0.273. The van der Waals surface area contributed by atoms with Crippen LogP contribution in [-0.4, -0.2) is 33.0 Å². The summed E-state index contributed by atoms with van der Waals surface area (Å²) in [6.07, 6.45) is 2.79. The van der Waals surface area contributed by atoms with E-state index >= 15 is 0 Å². The van der Waals surface area contributed by atoms with E-state index in [1.54, 1.807) is 26.1 Å². The molecular formula is C22H19N3O4. The number of hydrogen-bond acceptors (Lipinski definition) is 6. The molecule has 0 bridgehead atoms. The van der Waals surface area contributed by atoms with Crippen molar-refractivity contribution in [2.24, 2.45) is 0 Å². The Hall–Kier alpha value is -3.48. The van der Waals surface area contributed by atoms with Crippen LogP contribution < -0.4 is 0 Å². The summed E-state index contributed by atoms with van der Waals surface area (Å²) in [5, 5.41) is 5.27. The molecule has 1 atom stereocenters. The molecule has 3 aromatic heterocycles. The van der Waals surface area contributed by atoms with Crippen molar-refractivity contribution in [3.8, 4) is 0 Å². The first kappa shape index (κ1) is 17.6. The minimum absolute atomic E-state index is 0.259. The largest absolute Gasteiger partial charge is 0.451 e. The first-order valence-electron chi connectivity index (χ1n) is 9.61. The van der Waals surface area contributed by atoms with Crippen LogP contribution in [0.2, 0.25) is 0 Å². The maximum absolute atomic E-state index is 13.0. The van der Waals surface area contributed by atoms with E-state index in [1.165, 1.54) is 0 Å². The fourth-order valence-corrected chi connectivity index (χ4v) is 3.63. The molecule has 1 aliphatic rings. The maximum Gasteiger partial charge on any atom is 0.339 e. The molecule has 0 radical (unpaired) electrons. The lowest BCUT2D eigenvalue weighted by atomic mass is 10.1. The first-order valence-corrected chi connectivity index (χ1v) is 9.61. The van der Waals surface area contributed by atoms with Gasteiger partial charge in [0.05, 0.1) is 16.6 Å². The first-order chi connectivity index (χ1) is 14.0. The molecule has 0 spiro atoms. The van der Waals surface area contributed by atoms with E-state index in [2.05, 4.69) is 15.1 Å². The number of fused-ring (bicyclic) bond motifs is 2. The van der Waals surface area contributed by atoms with E-state index in [0.29, 0.717) is 33.8 Å². The number of carbonyl (C=O) groups excluding carboxylic acids is 2. The number of nitrogens with one attached hydrogen (secondary N) is 1. The molecule has 146 valence electrons. The standard InChI is InChI=1S/C22H19N3O4/c1-11-19-15(9-18(13-7-8-13)24-21(19)29-25-11)22(27)28-12(2)20(26)16-10-23-17-6-4-3-5-14(16)17/h3-6,9-10,12-13,23H,7-8H2,1-2H3. The van der Waals surface area contributed by atoms with Gasteiger partial charge >= 0.3 is 5.97 Å². The van der Waals surface area contributed by atoms with Gasteiger partial charge in [-0.05, 0) is 38.8 Å². The number of rotatable bonds is 5. The number of ether oxygens (including phenoxy) is 1. The Morgan fingerprint density at radius 1 is 1.24 bits per heavy atom. The van der Waals surface area contributed by atoms with Gasteiger partial charge in [0.1, 0.15) is 0 Å². The summed E-state index contributed by atoms with van der Waals surface area (Å²) >= 11 is 0. The molecule has 1 aromatic carbocycles. The van der Waals surface area contributed by atoms with Crippen molar-refractivity contribution >= 4 is 33.8 Å². The molecule has 0 aliphatic heterocycles. The average Bonchev–Trinajstić information content (AvgIpc) is 3.39. The maximum atomic E-state index is 13.0. The number of aryl methyl sites for hydroxylation is 1. The number of aromatic amines is 1. The van der Waals surface area contributed by atoms with Gasteiger partial charge in [0, 0.05) is 34.3 Å². The Morgan fingerprint density at radius 2 is 2.03 bits per heavy atom. The predicted octanol–water partition coefficient (Wildman–Crippen LogP) is 4.32. The quantitative estimate of drug-likeness (QED) is 0.403. The Balaban J connectivity index is 1.45. The molecule has 4 aromatic rings. The lowest BCUT2D eigenvalue weighted by Gasteiger charge is -2.13. The number of benzene rings is 1. The van der Waals surface area contributed by atoms with Crippen LogP contribution in [0.4, 0.5) is 0 Å². The number of ketones is 1. The van der Waals surface area contributed by atoms with Crippen LogP contribution in [0, 0.1) is 6.92 Å². The zero-order valence-electron chi connectivity index (χ0n) is 16.1. The second kappa shape index (κ2) is 6.55. The third kappa shape index (κ3) is 2.99. The Kier molecular flexibility index (Phi) is 3.97. The molecule has 1 N–H and O–H groups in total. The number of carbonyl (C=O) groups is 2. The summed E-state index contributed by atoms with van der Waals surface area (Å²) < 4.78 is 10.8. The molecule has 1 fully saturated rings. The van der Waals surface area contributed by atoms with Gasteiger partial charge in [0.2, 0.25) is 5.78 Å². The number of Topliss-reactive ketones (excluding diaryl/α,β-unsaturated/α-hetero) is 1. The minimum Gasteiger partial charge on any atom is -0.451 e. The monoisotopic (exact) mass is 389 g/mol. The molecule has 1 unspecified atom stereocenters. The second-order valence-corrected chi connectivity index (χ2v) is 7.48. The predicted molar refractivity (Wildman–Crippen MR) is 106 cm³/mol. The van der Waals surface area contributed by atoms with E-state index in [4.69, 9.17) is 9.26 Å². The molecule has 29 heavy (non-hydrogen) atoms. The van der Waals surface area contributed by atoms with Gasteiger partial charge in [-0.15, -0.1) is 0 Å². The normalized spacial score (nSPS) is 15.0. The summed E-state index contributed by atoms with van der Waals surface area (Å²) in [5.41, 5.74) is 3.40. The second-order valence-electron chi connectivity index (χ2n) is 7.48. The molecule has 5 rings (SSSR count). The highest BCUT2D eigenvalue weighted by Gasteiger charge is 2.30. The molecule has 7 nitrogen and oxygen atoms in total. The molecule has 1 saturated carbocycles. The highest BCUT2D eigenvalue weighted by Crippen LogP contribution is 2.40. The zero-order valence-corrected chi connectivity index (χ0v) is 16.1. The number of nitrogens with zero attached hydrogens (tertiary/aromatic N) is 2. The molecule has 7 heteroatoms. The van der Waals surface area contributed by atoms with Crippen LogP contribution in [0.1, 0.15) is 57.8 Å². The zero-order chi connectivity index (χ0) is 20.1. The Labute approximate surface area is 166 Å². The van der Waals surface area contributed by atoms with Gasteiger partial charge in [-0.25, -0.2) is 9.78 Å². The van der Waals surface area contributed by atoms with Crippen LogP contribution >= 0.6 is 0 Å². The number of esters is 1. The van der Waals surface area contributed by atoms with Gasteiger partial charge in [-0.2, -0.15) is 0 Å². The third-order valence-electron chi connectivity index (χ3n) is 5.36. The van der Waals surface area contributed by atoms with Gasteiger partial charge in [-0.3, -0.25) is 4.79 Å². The van der Waals surface area contributed by atoms with Crippen molar-refractivity contribution < 1.29 is 18.8 Å². The molecular weight excluding hydrogens is 370 g/mol. The van der Waals surface area contributed by atoms with Crippen molar-refractivity contribution in [2.75, 3.05) is 0 Å². The lowest BCUT2D eigenvalue weighted by molar-refractivity contribution is 0.0321. The van der Waals surface area contributed by atoms with Crippen molar-refractivity contribution in [1.29, 1.82) is 0 Å². The van der Waals surface area contributed by atoms with Crippen LogP contribution in [0.15, 0.2) is 41.1 Å². The Morgan fingerprint density at radius 3 is 2.83 bits per heavy atom. The molecule has 1 aliphatic carbocycles. The van der Waals surface area contributed by atoms with E-state index < -0.39 is 12.1 Å². The number of pyridine rings is 1. The van der Waals surface area contributed by atoms with Crippen molar-refractivity contribution in [1.82, 2.24) is 15.1 Å². The van der Waals surface area contributed by atoms with Crippen LogP contribution in [-0.2, 0) is 4.74 Å². The highest BCUT2D eigenvalue weighted by molar-refractivity contribution is 6.11. The minimum atomic E-state index is -0.936. The van der Waals surface area contributed by atoms with E-state index in [1.807, 2.05) is 24.3 Å². The third-order valence-corrected chi connectivity index (χ3v) is 5.36. The van der Waals surface area contributed by atoms with Gasteiger partial charge < -0.3 is 14.2 Å². The van der Waals surface area contributed by atoms with E-state index in [0.717, 1.165) is 29.4 Å². The van der Waals surface area contributed by atoms with Crippen LogP contribution in [0.3, 0.4) is 0 Å². The molecule has 0 amide bonds. The fourth-order valence-electron chi connectivity index (χ4n) is 3.63.